The van der Waals surface area contributed by atoms with Crippen LogP contribution in [0.15, 0.2) is 42.7 Å². The summed E-state index contributed by atoms with van der Waals surface area (Å²) in [5.41, 5.74) is 3.06. The van der Waals surface area contributed by atoms with Crippen LogP contribution in [0.25, 0.3) is 0 Å². The normalized spacial score (nSPS) is 18.5. The number of thiocarbonyl (C=S) groups is 1. The summed E-state index contributed by atoms with van der Waals surface area (Å²) in [6.45, 7) is 6.29. The van der Waals surface area contributed by atoms with Gasteiger partial charge in [0.1, 0.15) is 11.4 Å². The first-order chi connectivity index (χ1) is 10.9. The summed E-state index contributed by atoms with van der Waals surface area (Å²) in [7, 11) is 0. The van der Waals surface area contributed by atoms with Gasteiger partial charge in [0.15, 0.2) is 5.11 Å². The molecule has 0 fully saturated rings. The maximum absolute atomic E-state index is 6.09. The highest BCUT2D eigenvalue weighted by Crippen LogP contribution is 2.39. The molecule has 0 radical (unpaired) electrons. The summed E-state index contributed by atoms with van der Waals surface area (Å²) in [5.74, 6) is 0.927. The minimum Gasteiger partial charge on any atom is -0.487 e. The van der Waals surface area contributed by atoms with E-state index in [1.165, 1.54) is 5.56 Å². The van der Waals surface area contributed by atoms with Crippen molar-refractivity contribution >= 4 is 23.0 Å². The van der Waals surface area contributed by atoms with Crippen LogP contribution in [0.5, 0.6) is 5.75 Å². The summed E-state index contributed by atoms with van der Waals surface area (Å²) in [6, 6.07) is 10.2. The maximum Gasteiger partial charge on any atom is 0.171 e. The zero-order valence-electron chi connectivity index (χ0n) is 13.6. The van der Waals surface area contributed by atoms with Crippen LogP contribution in [-0.2, 0) is 0 Å². The molecular weight excluding hydrogens is 306 g/mol. The largest absolute Gasteiger partial charge is 0.487 e. The molecule has 0 bridgehead atoms. The number of aryl methyl sites for hydroxylation is 1. The Bertz CT molecular complexity index is 715. The highest BCUT2D eigenvalue weighted by molar-refractivity contribution is 7.80. The van der Waals surface area contributed by atoms with Crippen LogP contribution in [0.3, 0.4) is 0 Å². The Balaban J connectivity index is 1.79. The number of hydrogen-bond donors (Lipinski definition) is 2. The molecule has 0 saturated carbocycles. The van der Waals surface area contributed by atoms with Crippen LogP contribution in [0.1, 0.15) is 37.4 Å². The first-order valence-corrected chi connectivity index (χ1v) is 8.11. The number of pyridine rings is 1. The molecule has 0 saturated heterocycles. The molecule has 0 unspecified atom stereocenters. The molecule has 0 aliphatic carbocycles. The van der Waals surface area contributed by atoms with Gasteiger partial charge in [0.2, 0.25) is 0 Å². The second kappa shape index (κ2) is 6.16. The van der Waals surface area contributed by atoms with Gasteiger partial charge in [-0.2, -0.15) is 0 Å². The average Bonchev–Trinajstić information content (AvgIpc) is 2.48. The second-order valence-electron chi connectivity index (χ2n) is 6.49. The first kappa shape index (κ1) is 15.7. The van der Waals surface area contributed by atoms with E-state index in [0.717, 1.165) is 23.4 Å². The SMILES string of the molecule is Cc1ccc2c(c1)[C@@H](NC(=S)Nc1ccncc1)CC(C)(C)O2. The van der Waals surface area contributed by atoms with E-state index >= 15 is 0 Å². The van der Waals surface area contributed by atoms with E-state index in [-0.39, 0.29) is 11.6 Å². The molecule has 1 aromatic carbocycles. The lowest BCUT2D eigenvalue weighted by Gasteiger charge is -2.38. The van der Waals surface area contributed by atoms with Gasteiger partial charge < -0.3 is 15.4 Å². The average molecular weight is 327 g/mol. The maximum atomic E-state index is 6.09. The minimum atomic E-state index is -0.230. The van der Waals surface area contributed by atoms with Crippen molar-refractivity contribution in [3.63, 3.8) is 0 Å². The van der Waals surface area contributed by atoms with Crippen molar-refractivity contribution in [3.8, 4) is 5.75 Å². The van der Waals surface area contributed by atoms with Crippen LogP contribution in [-0.4, -0.2) is 15.7 Å². The number of hydrogen-bond acceptors (Lipinski definition) is 3. The second-order valence-corrected chi connectivity index (χ2v) is 6.90. The Kier molecular flexibility index (Phi) is 4.22. The summed E-state index contributed by atoms with van der Waals surface area (Å²) >= 11 is 5.47. The molecule has 1 aliphatic heterocycles. The van der Waals surface area contributed by atoms with Crippen molar-refractivity contribution in [2.45, 2.75) is 38.8 Å². The third-order valence-electron chi connectivity index (χ3n) is 3.87. The number of anilines is 1. The van der Waals surface area contributed by atoms with Crippen molar-refractivity contribution in [1.29, 1.82) is 0 Å². The van der Waals surface area contributed by atoms with Gasteiger partial charge in [-0.25, -0.2) is 0 Å². The number of ether oxygens (including phenoxy) is 1. The Morgan fingerprint density at radius 2 is 2.00 bits per heavy atom. The molecule has 0 amide bonds. The highest BCUT2D eigenvalue weighted by atomic mass is 32.1. The van der Waals surface area contributed by atoms with Crippen LogP contribution >= 0.6 is 12.2 Å². The zero-order chi connectivity index (χ0) is 16.4. The van der Waals surface area contributed by atoms with Crippen LogP contribution in [0.4, 0.5) is 5.69 Å². The molecule has 2 N–H and O–H groups in total. The lowest BCUT2D eigenvalue weighted by molar-refractivity contribution is 0.0696. The van der Waals surface area contributed by atoms with Crippen molar-refractivity contribution in [2.24, 2.45) is 0 Å². The molecule has 2 heterocycles. The number of nitrogens with zero attached hydrogens (tertiary/aromatic N) is 1. The Morgan fingerprint density at radius 3 is 2.74 bits per heavy atom. The molecule has 0 spiro atoms. The van der Waals surface area contributed by atoms with Gasteiger partial charge in [0, 0.05) is 30.1 Å². The number of fused-ring (bicyclic) bond motifs is 1. The number of aromatic nitrogens is 1. The molecule has 23 heavy (non-hydrogen) atoms. The van der Waals surface area contributed by atoms with Crippen LogP contribution in [0, 0.1) is 6.92 Å². The van der Waals surface area contributed by atoms with E-state index in [2.05, 4.69) is 48.5 Å². The standard InChI is InChI=1S/C18H21N3OS/c1-12-4-5-16-14(10-12)15(11-18(2,3)22-16)21-17(23)20-13-6-8-19-9-7-13/h4-10,15H,11H2,1-3H3,(H2,19,20,21,23)/t15-/m0/s1. The summed E-state index contributed by atoms with van der Waals surface area (Å²) in [5, 5.41) is 7.23. The van der Waals surface area contributed by atoms with E-state index < -0.39 is 0 Å². The molecule has 1 aliphatic rings. The molecule has 120 valence electrons. The van der Waals surface area contributed by atoms with Gasteiger partial charge in [-0.05, 0) is 51.2 Å². The summed E-state index contributed by atoms with van der Waals surface area (Å²) in [6.07, 6.45) is 4.32. The smallest absolute Gasteiger partial charge is 0.171 e. The van der Waals surface area contributed by atoms with Crippen molar-refractivity contribution in [1.82, 2.24) is 10.3 Å². The number of benzene rings is 1. The van der Waals surface area contributed by atoms with Crippen LogP contribution < -0.4 is 15.4 Å². The lowest BCUT2D eigenvalue weighted by Crippen LogP contribution is -2.42. The quantitative estimate of drug-likeness (QED) is 0.817. The van der Waals surface area contributed by atoms with Gasteiger partial charge in [-0.15, -0.1) is 0 Å². The Morgan fingerprint density at radius 1 is 1.26 bits per heavy atom. The topological polar surface area (TPSA) is 46.2 Å². The number of rotatable bonds is 2. The van der Waals surface area contributed by atoms with Gasteiger partial charge >= 0.3 is 0 Å². The van der Waals surface area contributed by atoms with E-state index in [1.807, 2.05) is 18.2 Å². The van der Waals surface area contributed by atoms with E-state index in [0.29, 0.717) is 5.11 Å². The van der Waals surface area contributed by atoms with Gasteiger partial charge in [-0.1, -0.05) is 17.7 Å². The third kappa shape index (κ3) is 3.79. The summed E-state index contributed by atoms with van der Waals surface area (Å²) < 4.78 is 6.09. The minimum absolute atomic E-state index is 0.121. The first-order valence-electron chi connectivity index (χ1n) is 7.70. The molecule has 3 rings (SSSR count). The van der Waals surface area contributed by atoms with Crippen molar-refractivity contribution < 1.29 is 4.74 Å². The van der Waals surface area contributed by atoms with Gasteiger partial charge in [0.25, 0.3) is 0 Å². The third-order valence-corrected chi connectivity index (χ3v) is 4.09. The van der Waals surface area contributed by atoms with E-state index in [9.17, 15) is 0 Å². The summed E-state index contributed by atoms with van der Waals surface area (Å²) in [4.78, 5) is 4.01. The van der Waals surface area contributed by atoms with Gasteiger partial charge in [0.05, 0.1) is 6.04 Å². The molecular formula is C18H21N3OS. The fourth-order valence-corrected chi connectivity index (χ4v) is 3.12. The molecule has 5 heteroatoms. The number of nitrogens with one attached hydrogen (secondary N) is 2. The van der Waals surface area contributed by atoms with E-state index in [1.54, 1.807) is 12.4 Å². The Labute approximate surface area is 142 Å². The Hall–Kier alpha value is -2.14. The zero-order valence-corrected chi connectivity index (χ0v) is 14.4. The van der Waals surface area contributed by atoms with Crippen LogP contribution in [0.2, 0.25) is 0 Å². The molecule has 2 aromatic rings. The van der Waals surface area contributed by atoms with Crippen molar-refractivity contribution in [2.75, 3.05) is 5.32 Å². The lowest BCUT2D eigenvalue weighted by atomic mass is 9.89. The molecule has 4 nitrogen and oxygen atoms in total. The van der Waals surface area contributed by atoms with Gasteiger partial charge in [-0.3, -0.25) is 4.98 Å². The predicted molar refractivity (Wildman–Crippen MR) is 96.8 cm³/mol. The monoisotopic (exact) mass is 327 g/mol. The molecule has 1 atom stereocenters. The van der Waals surface area contributed by atoms with Crippen molar-refractivity contribution in [3.05, 3.63) is 53.9 Å². The molecule has 1 aromatic heterocycles. The fourth-order valence-electron chi connectivity index (χ4n) is 2.86. The fraction of sp³-hybridized carbons (Fsp3) is 0.333. The highest BCUT2D eigenvalue weighted by Gasteiger charge is 2.34. The van der Waals surface area contributed by atoms with E-state index in [4.69, 9.17) is 17.0 Å². The predicted octanol–water partition coefficient (Wildman–Crippen LogP) is 3.98.